The topological polar surface area (TPSA) is 15.3 Å². The molecule has 0 aliphatic carbocycles. The van der Waals surface area contributed by atoms with Crippen LogP contribution >= 0.6 is 11.6 Å². The Labute approximate surface area is 123 Å². The van der Waals surface area contributed by atoms with Gasteiger partial charge in [0.1, 0.15) is 0 Å². The van der Waals surface area contributed by atoms with E-state index in [9.17, 15) is 0 Å². The zero-order valence-electron chi connectivity index (χ0n) is 12.7. The van der Waals surface area contributed by atoms with Crippen molar-refractivity contribution in [3.8, 4) is 0 Å². The first kappa shape index (κ1) is 16.3. The summed E-state index contributed by atoms with van der Waals surface area (Å²) in [6, 6.07) is 6.67. The highest BCUT2D eigenvalue weighted by molar-refractivity contribution is 6.33. The SMILES string of the molecule is CCCNCc1cccc(Cl)c1N(CCC)C(C)C. The predicted octanol–water partition coefficient (Wildman–Crippen LogP) is 4.46. The molecule has 0 atom stereocenters. The number of hydrogen-bond acceptors (Lipinski definition) is 2. The van der Waals surface area contributed by atoms with Crippen LogP contribution in [0.4, 0.5) is 5.69 Å². The van der Waals surface area contributed by atoms with Gasteiger partial charge in [0.2, 0.25) is 0 Å². The lowest BCUT2D eigenvalue weighted by atomic mass is 10.1. The number of hydrogen-bond donors (Lipinski definition) is 1. The van der Waals surface area contributed by atoms with Crippen LogP contribution in [-0.4, -0.2) is 19.1 Å². The molecule has 0 radical (unpaired) electrons. The Kier molecular flexibility index (Phi) is 7.25. The second-order valence-corrected chi connectivity index (χ2v) is 5.62. The lowest BCUT2D eigenvalue weighted by Gasteiger charge is -2.31. The van der Waals surface area contributed by atoms with Gasteiger partial charge in [-0.2, -0.15) is 0 Å². The van der Waals surface area contributed by atoms with Gasteiger partial charge in [-0.3, -0.25) is 0 Å². The average molecular weight is 283 g/mol. The van der Waals surface area contributed by atoms with E-state index < -0.39 is 0 Å². The van der Waals surface area contributed by atoms with Crippen LogP contribution in [0.3, 0.4) is 0 Å². The van der Waals surface area contributed by atoms with Gasteiger partial charge in [0.05, 0.1) is 10.7 Å². The third kappa shape index (κ3) is 4.70. The Morgan fingerprint density at radius 3 is 2.53 bits per heavy atom. The van der Waals surface area contributed by atoms with Crippen molar-refractivity contribution in [2.75, 3.05) is 18.0 Å². The fourth-order valence-corrected chi connectivity index (χ4v) is 2.60. The van der Waals surface area contributed by atoms with Crippen molar-refractivity contribution in [1.82, 2.24) is 5.32 Å². The van der Waals surface area contributed by atoms with E-state index in [-0.39, 0.29) is 0 Å². The van der Waals surface area contributed by atoms with Gasteiger partial charge in [-0.05, 0) is 44.9 Å². The van der Waals surface area contributed by atoms with Crippen LogP contribution in [0.15, 0.2) is 18.2 Å². The molecule has 108 valence electrons. The molecule has 1 rings (SSSR count). The Bertz CT molecular complexity index is 377. The number of benzene rings is 1. The maximum absolute atomic E-state index is 6.45. The molecule has 1 aromatic carbocycles. The summed E-state index contributed by atoms with van der Waals surface area (Å²) in [5.41, 5.74) is 2.49. The van der Waals surface area contributed by atoms with E-state index in [1.54, 1.807) is 0 Å². The van der Waals surface area contributed by atoms with Crippen molar-refractivity contribution in [3.63, 3.8) is 0 Å². The van der Waals surface area contributed by atoms with Gasteiger partial charge < -0.3 is 10.2 Å². The van der Waals surface area contributed by atoms with E-state index in [1.807, 2.05) is 12.1 Å². The predicted molar refractivity (Wildman–Crippen MR) is 86.2 cm³/mol. The molecule has 0 aromatic heterocycles. The van der Waals surface area contributed by atoms with Crippen LogP contribution in [0.1, 0.15) is 46.1 Å². The zero-order chi connectivity index (χ0) is 14.3. The fourth-order valence-electron chi connectivity index (χ4n) is 2.29. The summed E-state index contributed by atoms with van der Waals surface area (Å²) in [6.45, 7) is 11.8. The van der Waals surface area contributed by atoms with Gasteiger partial charge >= 0.3 is 0 Å². The van der Waals surface area contributed by atoms with Gasteiger partial charge in [-0.25, -0.2) is 0 Å². The third-order valence-corrected chi connectivity index (χ3v) is 3.49. The van der Waals surface area contributed by atoms with Crippen molar-refractivity contribution < 1.29 is 0 Å². The summed E-state index contributed by atoms with van der Waals surface area (Å²) in [4.78, 5) is 2.41. The molecular formula is C16H27ClN2. The highest BCUT2D eigenvalue weighted by Crippen LogP contribution is 2.31. The van der Waals surface area contributed by atoms with Gasteiger partial charge in [0.25, 0.3) is 0 Å². The molecule has 2 nitrogen and oxygen atoms in total. The molecule has 0 unspecified atom stereocenters. The minimum Gasteiger partial charge on any atom is -0.368 e. The fraction of sp³-hybridized carbons (Fsp3) is 0.625. The quantitative estimate of drug-likeness (QED) is 0.708. The van der Waals surface area contributed by atoms with Crippen LogP contribution in [0.2, 0.25) is 5.02 Å². The van der Waals surface area contributed by atoms with E-state index in [0.29, 0.717) is 6.04 Å². The molecule has 0 heterocycles. The molecule has 19 heavy (non-hydrogen) atoms. The smallest absolute Gasteiger partial charge is 0.0643 e. The van der Waals surface area contributed by atoms with Crippen LogP contribution in [-0.2, 0) is 6.54 Å². The van der Waals surface area contributed by atoms with Crippen LogP contribution in [0, 0.1) is 0 Å². The molecule has 1 aromatic rings. The van der Waals surface area contributed by atoms with Crippen molar-refractivity contribution >= 4 is 17.3 Å². The van der Waals surface area contributed by atoms with Gasteiger partial charge in [-0.1, -0.05) is 37.6 Å². The molecule has 0 saturated carbocycles. The number of anilines is 1. The molecule has 0 saturated heterocycles. The maximum Gasteiger partial charge on any atom is 0.0643 e. The highest BCUT2D eigenvalue weighted by atomic mass is 35.5. The second kappa shape index (κ2) is 8.44. The molecule has 0 aliphatic rings. The zero-order valence-corrected chi connectivity index (χ0v) is 13.4. The second-order valence-electron chi connectivity index (χ2n) is 5.21. The minimum atomic E-state index is 0.463. The van der Waals surface area contributed by atoms with Crippen molar-refractivity contribution in [1.29, 1.82) is 0 Å². The molecule has 0 bridgehead atoms. The van der Waals surface area contributed by atoms with Gasteiger partial charge in [0, 0.05) is 19.1 Å². The molecule has 0 fully saturated rings. The summed E-state index contributed by atoms with van der Waals surface area (Å²) in [6.07, 6.45) is 2.28. The number of para-hydroxylation sites is 1. The van der Waals surface area contributed by atoms with E-state index in [4.69, 9.17) is 11.6 Å². The highest BCUT2D eigenvalue weighted by Gasteiger charge is 2.16. The number of nitrogens with zero attached hydrogens (tertiary/aromatic N) is 1. The number of halogens is 1. The number of nitrogens with one attached hydrogen (secondary N) is 1. The first-order valence-corrected chi connectivity index (χ1v) is 7.74. The summed E-state index contributed by atoms with van der Waals surface area (Å²) in [5, 5.41) is 4.33. The molecule has 0 amide bonds. The lowest BCUT2D eigenvalue weighted by molar-refractivity contribution is 0.649. The van der Waals surface area contributed by atoms with E-state index >= 15 is 0 Å². The monoisotopic (exact) mass is 282 g/mol. The van der Waals surface area contributed by atoms with Gasteiger partial charge in [0.15, 0.2) is 0 Å². The van der Waals surface area contributed by atoms with Crippen molar-refractivity contribution in [2.24, 2.45) is 0 Å². The minimum absolute atomic E-state index is 0.463. The van der Waals surface area contributed by atoms with Crippen LogP contribution < -0.4 is 10.2 Å². The normalized spacial score (nSPS) is 11.1. The molecule has 0 spiro atoms. The van der Waals surface area contributed by atoms with Crippen LogP contribution in [0.25, 0.3) is 0 Å². The first-order valence-electron chi connectivity index (χ1n) is 7.36. The standard InChI is InChI=1S/C16H27ClN2/c1-5-10-18-12-14-8-7-9-15(17)16(14)19(11-6-2)13(3)4/h7-9,13,18H,5-6,10-12H2,1-4H3. The molecule has 3 heteroatoms. The maximum atomic E-state index is 6.45. The third-order valence-electron chi connectivity index (χ3n) is 3.19. The first-order chi connectivity index (χ1) is 9.11. The summed E-state index contributed by atoms with van der Waals surface area (Å²) in [7, 11) is 0. The molecular weight excluding hydrogens is 256 g/mol. The number of rotatable bonds is 8. The largest absolute Gasteiger partial charge is 0.368 e. The Hall–Kier alpha value is -0.730. The van der Waals surface area contributed by atoms with Crippen LogP contribution in [0.5, 0.6) is 0 Å². The summed E-state index contributed by atoms with van der Waals surface area (Å²) in [5.74, 6) is 0. The Balaban J connectivity index is 3.00. The summed E-state index contributed by atoms with van der Waals surface area (Å²) < 4.78 is 0. The van der Waals surface area contributed by atoms with Gasteiger partial charge in [-0.15, -0.1) is 0 Å². The van der Waals surface area contributed by atoms with E-state index in [1.165, 1.54) is 11.3 Å². The van der Waals surface area contributed by atoms with Crippen molar-refractivity contribution in [3.05, 3.63) is 28.8 Å². The van der Waals surface area contributed by atoms with E-state index in [2.05, 4.69) is 44.0 Å². The van der Waals surface area contributed by atoms with E-state index in [0.717, 1.165) is 37.5 Å². The Morgan fingerprint density at radius 1 is 1.21 bits per heavy atom. The Morgan fingerprint density at radius 2 is 1.95 bits per heavy atom. The lowest BCUT2D eigenvalue weighted by Crippen LogP contribution is -2.33. The van der Waals surface area contributed by atoms with Crippen molar-refractivity contribution in [2.45, 2.75) is 53.1 Å². The molecule has 0 aliphatic heterocycles. The summed E-state index contributed by atoms with van der Waals surface area (Å²) >= 11 is 6.45. The molecule has 1 N–H and O–H groups in total. The average Bonchev–Trinajstić information content (AvgIpc) is 2.37.